The first-order valence-electron chi connectivity index (χ1n) is 6.23. The summed E-state index contributed by atoms with van der Waals surface area (Å²) in [5, 5.41) is 10.9. The van der Waals surface area contributed by atoms with Gasteiger partial charge in [0.2, 0.25) is 0 Å². The third kappa shape index (κ3) is 3.41. The van der Waals surface area contributed by atoms with Crippen molar-refractivity contribution in [3.63, 3.8) is 0 Å². The molecule has 1 fully saturated rings. The zero-order valence-corrected chi connectivity index (χ0v) is 10.7. The molecule has 0 amide bonds. The summed E-state index contributed by atoms with van der Waals surface area (Å²) in [5.41, 5.74) is -0.207. The fourth-order valence-corrected chi connectivity index (χ4v) is 2.34. The molecule has 104 valence electrons. The number of nitrogens with zero attached hydrogens (tertiary/aromatic N) is 1. The first-order chi connectivity index (χ1) is 9.10. The Morgan fingerprint density at radius 3 is 2.79 bits per heavy atom. The van der Waals surface area contributed by atoms with Gasteiger partial charge in [-0.15, -0.1) is 0 Å². The number of hydrogen-bond donors (Lipinski definition) is 0. The molecule has 6 heteroatoms. The molecule has 19 heavy (non-hydrogen) atoms. The molecule has 1 aliphatic rings. The maximum Gasteiger partial charge on any atom is 0.311 e. The van der Waals surface area contributed by atoms with Gasteiger partial charge in [0.25, 0.3) is 0 Å². The third-order valence-corrected chi connectivity index (χ3v) is 3.32. The molecule has 0 aliphatic heterocycles. The van der Waals surface area contributed by atoms with E-state index in [0.29, 0.717) is 6.42 Å². The van der Waals surface area contributed by atoms with Crippen molar-refractivity contribution in [3.8, 4) is 5.75 Å². The second-order valence-electron chi connectivity index (χ2n) is 4.63. The minimum absolute atomic E-state index is 0.00764. The average molecular weight is 269 g/mol. The smallest absolute Gasteiger partial charge is 0.311 e. The van der Waals surface area contributed by atoms with Crippen molar-refractivity contribution < 1.29 is 18.8 Å². The monoisotopic (exact) mass is 269 g/mol. The van der Waals surface area contributed by atoms with E-state index < -0.39 is 10.7 Å². The Bertz CT molecular complexity index is 466. The fourth-order valence-electron chi connectivity index (χ4n) is 2.34. The van der Waals surface area contributed by atoms with Crippen LogP contribution in [0.1, 0.15) is 25.7 Å². The number of nitro benzene ring substituents is 1. The van der Waals surface area contributed by atoms with Gasteiger partial charge in [0.1, 0.15) is 11.9 Å². The van der Waals surface area contributed by atoms with Crippen LogP contribution in [0, 0.1) is 15.9 Å². The molecular weight excluding hydrogens is 253 g/mol. The van der Waals surface area contributed by atoms with E-state index in [-0.39, 0.29) is 23.6 Å². The number of ether oxygens (including phenoxy) is 2. The van der Waals surface area contributed by atoms with Gasteiger partial charge < -0.3 is 9.47 Å². The molecule has 0 spiro atoms. The summed E-state index contributed by atoms with van der Waals surface area (Å²) in [7, 11) is 1.64. The number of methoxy groups -OCH3 is 1. The summed E-state index contributed by atoms with van der Waals surface area (Å²) in [6.07, 6.45) is 3.30. The van der Waals surface area contributed by atoms with Gasteiger partial charge in [-0.05, 0) is 25.3 Å². The lowest BCUT2D eigenvalue weighted by molar-refractivity contribution is -0.386. The van der Waals surface area contributed by atoms with Crippen molar-refractivity contribution in [1.82, 2.24) is 0 Å². The highest BCUT2D eigenvalue weighted by Gasteiger charge is 2.26. The molecule has 5 nitrogen and oxygen atoms in total. The number of hydrogen-bond acceptors (Lipinski definition) is 4. The minimum atomic E-state index is -0.564. The average Bonchev–Trinajstić information content (AvgIpc) is 2.38. The third-order valence-electron chi connectivity index (χ3n) is 3.32. The molecule has 0 saturated heterocycles. The van der Waals surface area contributed by atoms with Gasteiger partial charge in [-0.1, -0.05) is 0 Å². The van der Waals surface area contributed by atoms with Crippen LogP contribution in [0.3, 0.4) is 0 Å². The lowest BCUT2D eigenvalue weighted by Gasteiger charge is -2.28. The Balaban J connectivity index is 2.13. The summed E-state index contributed by atoms with van der Waals surface area (Å²) in [5.74, 6) is -0.550. The summed E-state index contributed by atoms with van der Waals surface area (Å²) >= 11 is 0. The summed E-state index contributed by atoms with van der Waals surface area (Å²) in [4.78, 5) is 10.3. The molecule has 1 aliphatic carbocycles. The van der Waals surface area contributed by atoms with Gasteiger partial charge in [0.15, 0.2) is 5.75 Å². The Morgan fingerprint density at radius 2 is 2.11 bits per heavy atom. The zero-order valence-electron chi connectivity index (χ0n) is 10.7. The van der Waals surface area contributed by atoms with Gasteiger partial charge in [0, 0.05) is 25.7 Å². The number of halogens is 1. The van der Waals surface area contributed by atoms with E-state index in [9.17, 15) is 14.5 Å². The lowest BCUT2D eigenvalue weighted by atomic mass is 9.95. The van der Waals surface area contributed by atoms with Crippen LogP contribution in [-0.4, -0.2) is 24.2 Å². The second kappa shape index (κ2) is 5.97. The molecule has 0 radical (unpaired) electrons. The normalized spacial score (nSPS) is 23.1. The highest BCUT2D eigenvalue weighted by Crippen LogP contribution is 2.32. The quantitative estimate of drug-likeness (QED) is 0.622. The Labute approximate surface area is 110 Å². The van der Waals surface area contributed by atoms with Crippen molar-refractivity contribution >= 4 is 5.69 Å². The lowest BCUT2D eigenvalue weighted by Crippen LogP contribution is -2.29. The van der Waals surface area contributed by atoms with Crippen LogP contribution in [0.4, 0.5) is 10.1 Å². The molecule has 1 aromatic carbocycles. The van der Waals surface area contributed by atoms with E-state index in [4.69, 9.17) is 9.47 Å². The fraction of sp³-hybridized carbons (Fsp3) is 0.538. The van der Waals surface area contributed by atoms with Crippen molar-refractivity contribution in [2.45, 2.75) is 37.9 Å². The zero-order chi connectivity index (χ0) is 13.8. The van der Waals surface area contributed by atoms with E-state index >= 15 is 0 Å². The molecule has 2 atom stereocenters. The Morgan fingerprint density at radius 1 is 1.37 bits per heavy atom. The van der Waals surface area contributed by atoms with Crippen LogP contribution in [0.25, 0.3) is 0 Å². The number of benzene rings is 1. The molecule has 1 aromatic rings. The van der Waals surface area contributed by atoms with Gasteiger partial charge in [-0.25, -0.2) is 4.39 Å². The van der Waals surface area contributed by atoms with E-state index in [1.165, 1.54) is 0 Å². The summed E-state index contributed by atoms with van der Waals surface area (Å²) in [6, 6.07) is 3.25. The van der Waals surface area contributed by atoms with E-state index in [1.54, 1.807) is 7.11 Å². The van der Waals surface area contributed by atoms with Crippen LogP contribution in [-0.2, 0) is 4.74 Å². The van der Waals surface area contributed by atoms with Gasteiger partial charge >= 0.3 is 5.69 Å². The number of nitro groups is 1. The topological polar surface area (TPSA) is 61.6 Å². The Kier molecular flexibility index (Phi) is 4.31. The Hall–Kier alpha value is -1.69. The van der Waals surface area contributed by atoms with Crippen LogP contribution in [0.15, 0.2) is 18.2 Å². The van der Waals surface area contributed by atoms with Crippen molar-refractivity contribution in [3.05, 3.63) is 34.1 Å². The molecule has 2 rings (SSSR count). The molecule has 0 N–H and O–H groups in total. The second-order valence-corrected chi connectivity index (χ2v) is 4.63. The van der Waals surface area contributed by atoms with Crippen LogP contribution in [0.5, 0.6) is 5.75 Å². The van der Waals surface area contributed by atoms with E-state index in [2.05, 4.69) is 0 Å². The number of rotatable bonds is 4. The van der Waals surface area contributed by atoms with Crippen molar-refractivity contribution in [2.24, 2.45) is 0 Å². The minimum Gasteiger partial charge on any atom is -0.483 e. The van der Waals surface area contributed by atoms with E-state index in [0.717, 1.165) is 37.5 Å². The highest BCUT2D eigenvalue weighted by atomic mass is 19.1. The maximum absolute atomic E-state index is 13.2. The molecule has 0 aromatic heterocycles. The van der Waals surface area contributed by atoms with Crippen molar-refractivity contribution in [1.29, 1.82) is 0 Å². The highest BCUT2D eigenvalue weighted by molar-refractivity contribution is 5.46. The first-order valence-corrected chi connectivity index (χ1v) is 6.23. The molecule has 1 saturated carbocycles. The first kappa shape index (κ1) is 13.7. The summed E-state index contributed by atoms with van der Waals surface area (Å²) in [6.45, 7) is 0. The molecule has 0 heterocycles. The van der Waals surface area contributed by atoms with Gasteiger partial charge in [-0.2, -0.15) is 0 Å². The molecular formula is C13H16FNO4. The predicted molar refractivity (Wildman–Crippen MR) is 66.7 cm³/mol. The molecule has 0 unspecified atom stereocenters. The maximum atomic E-state index is 13.2. The SMILES string of the molecule is CO[C@@H]1CCC[C@@H](Oc2cc(F)ccc2[N+](=O)[O-])C1. The summed E-state index contributed by atoms with van der Waals surface area (Å²) < 4.78 is 24.1. The standard InChI is InChI=1S/C13H16FNO4/c1-18-10-3-2-4-11(8-10)19-13-7-9(14)5-6-12(13)15(16)17/h5-7,10-11H,2-4,8H2,1H3/t10-,11-/m1/s1. The van der Waals surface area contributed by atoms with Crippen molar-refractivity contribution in [2.75, 3.05) is 7.11 Å². The van der Waals surface area contributed by atoms with Crippen LogP contribution < -0.4 is 4.74 Å². The van der Waals surface area contributed by atoms with E-state index in [1.807, 2.05) is 0 Å². The van der Waals surface area contributed by atoms with Gasteiger partial charge in [-0.3, -0.25) is 10.1 Å². The largest absolute Gasteiger partial charge is 0.483 e. The van der Waals surface area contributed by atoms with Crippen LogP contribution in [0.2, 0.25) is 0 Å². The molecule has 0 bridgehead atoms. The predicted octanol–water partition coefficient (Wildman–Crippen LogP) is 3.07. The van der Waals surface area contributed by atoms with Gasteiger partial charge in [0.05, 0.1) is 11.0 Å². The van der Waals surface area contributed by atoms with Crippen LogP contribution >= 0.6 is 0 Å².